The first-order chi connectivity index (χ1) is 7.20. The molecule has 1 aromatic rings. The second kappa shape index (κ2) is 5.51. The fourth-order valence-corrected chi connectivity index (χ4v) is 1.40. The normalized spacial score (nSPS) is 9.73. The maximum Gasteiger partial charge on any atom is 0.257 e. The minimum Gasteiger partial charge on any atom is -0.335 e. The van der Waals surface area contributed by atoms with Gasteiger partial charge in [0.1, 0.15) is 0 Å². The standard InChI is InChI=1S/C11H13ClN2O/c1-3-7-14(4-2)11(15)9-8-13-6-5-10(9)12/h3,5-6,8H,1,4,7H2,2H3. The lowest BCUT2D eigenvalue weighted by Crippen LogP contribution is -2.31. The van der Waals surface area contributed by atoms with Gasteiger partial charge in [0, 0.05) is 25.5 Å². The lowest BCUT2D eigenvalue weighted by atomic mass is 10.2. The molecule has 0 aromatic carbocycles. The predicted octanol–water partition coefficient (Wildman–Crippen LogP) is 2.38. The van der Waals surface area contributed by atoms with Crippen LogP contribution in [0.4, 0.5) is 0 Å². The van der Waals surface area contributed by atoms with Gasteiger partial charge in [0.2, 0.25) is 0 Å². The van der Waals surface area contributed by atoms with Crippen molar-refractivity contribution in [1.29, 1.82) is 0 Å². The summed E-state index contributed by atoms with van der Waals surface area (Å²) in [5, 5.41) is 0.428. The van der Waals surface area contributed by atoms with Gasteiger partial charge in [0.25, 0.3) is 5.91 Å². The average Bonchev–Trinajstić information content (AvgIpc) is 2.25. The van der Waals surface area contributed by atoms with Crippen molar-refractivity contribution in [3.05, 3.63) is 41.7 Å². The lowest BCUT2D eigenvalue weighted by Gasteiger charge is -2.19. The van der Waals surface area contributed by atoms with Crippen LogP contribution in [0.15, 0.2) is 31.1 Å². The van der Waals surface area contributed by atoms with Gasteiger partial charge in [-0.15, -0.1) is 6.58 Å². The molecule has 0 N–H and O–H groups in total. The van der Waals surface area contributed by atoms with Gasteiger partial charge in [-0.2, -0.15) is 0 Å². The first-order valence-corrected chi connectivity index (χ1v) is 5.08. The number of carbonyl (C=O) groups excluding carboxylic acids is 1. The van der Waals surface area contributed by atoms with E-state index in [2.05, 4.69) is 11.6 Å². The Morgan fingerprint density at radius 2 is 2.47 bits per heavy atom. The van der Waals surface area contributed by atoms with E-state index in [0.29, 0.717) is 23.7 Å². The molecule has 0 fully saturated rings. The molecular formula is C11H13ClN2O. The Balaban J connectivity index is 2.92. The van der Waals surface area contributed by atoms with Gasteiger partial charge < -0.3 is 4.90 Å². The minimum absolute atomic E-state index is 0.115. The topological polar surface area (TPSA) is 33.2 Å². The number of hydrogen-bond acceptors (Lipinski definition) is 2. The Morgan fingerprint density at radius 3 is 3.00 bits per heavy atom. The largest absolute Gasteiger partial charge is 0.335 e. The van der Waals surface area contributed by atoms with Crippen LogP contribution in [0, 0.1) is 0 Å². The van der Waals surface area contributed by atoms with Crippen LogP contribution >= 0.6 is 11.6 Å². The third kappa shape index (κ3) is 2.80. The van der Waals surface area contributed by atoms with Crippen LogP contribution in [0.3, 0.4) is 0 Å². The van der Waals surface area contributed by atoms with Gasteiger partial charge in [-0.25, -0.2) is 0 Å². The number of pyridine rings is 1. The number of amides is 1. The Labute approximate surface area is 94.4 Å². The van der Waals surface area contributed by atoms with Crippen molar-refractivity contribution in [3.63, 3.8) is 0 Å². The molecule has 0 atom stereocenters. The minimum atomic E-state index is -0.115. The van der Waals surface area contributed by atoms with Crippen LogP contribution < -0.4 is 0 Å². The molecule has 0 aliphatic rings. The van der Waals surface area contributed by atoms with Crippen LogP contribution in [0.25, 0.3) is 0 Å². The monoisotopic (exact) mass is 224 g/mol. The molecule has 1 heterocycles. The zero-order chi connectivity index (χ0) is 11.3. The highest BCUT2D eigenvalue weighted by Crippen LogP contribution is 2.15. The van der Waals surface area contributed by atoms with Gasteiger partial charge in [-0.05, 0) is 13.0 Å². The zero-order valence-electron chi connectivity index (χ0n) is 8.61. The van der Waals surface area contributed by atoms with Crippen molar-refractivity contribution >= 4 is 17.5 Å². The smallest absolute Gasteiger partial charge is 0.257 e. The van der Waals surface area contributed by atoms with Crippen molar-refractivity contribution in [2.24, 2.45) is 0 Å². The van der Waals surface area contributed by atoms with Crippen molar-refractivity contribution in [2.75, 3.05) is 13.1 Å². The maximum atomic E-state index is 11.9. The highest BCUT2D eigenvalue weighted by atomic mass is 35.5. The molecule has 80 valence electrons. The predicted molar refractivity (Wildman–Crippen MR) is 61.0 cm³/mol. The summed E-state index contributed by atoms with van der Waals surface area (Å²) in [5.74, 6) is -0.115. The van der Waals surface area contributed by atoms with Crippen LogP contribution in [-0.4, -0.2) is 28.9 Å². The summed E-state index contributed by atoms with van der Waals surface area (Å²) in [5.41, 5.74) is 0.433. The summed E-state index contributed by atoms with van der Waals surface area (Å²) < 4.78 is 0. The van der Waals surface area contributed by atoms with E-state index >= 15 is 0 Å². The number of nitrogens with zero attached hydrogens (tertiary/aromatic N) is 2. The number of likely N-dealkylation sites (N-methyl/N-ethyl adjacent to an activating group) is 1. The van der Waals surface area contributed by atoms with E-state index in [-0.39, 0.29) is 5.91 Å². The quantitative estimate of drug-likeness (QED) is 0.736. The molecular weight excluding hydrogens is 212 g/mol. The Hall–Kier alpha value is -1.35. The molecule has 0 aliphatic heterocycles. The Bertz CT molecular complexity index is 365. The number of carbonyl (C=O) groups is 1. The first kappa shape index (κ1) is 11.7. The molecule has 0 unspecified atom stereocenters. The average molecular weight is 225 g/mol. The van der Waals surface area contributed by atoms with Crippen molar-refractivity contribution in [3.8, 4) is 0 Å². The van der Waals surface area contributed by atoms with Gasteiger partial charge in [0.15, 0.2) is 0 Å². The SMILES string of the molecule is C=CCN(CC)C(=O)c1cnccc1Cl. The number of aromatic nitrogens is 1. The molecule has 15 heavy (non-hydrogen) atoms. The van der Waals surface area contributed by atoms with Crippen LogP contribution in [0.1, 0.15) is 17.3 Å². The number of halogens is 1. The van der Waals surface area contributed by atoms with E-state index in [1.54, 1.807) is 23.2 Å². The van der Waals surface area contributed by atoms with E-state index < -0.39 is 0 Å². The second-order valence-electron chi connectivity index (χ2n) is 2.99. The van der Waals surface area contributed by atoms with Gasteiger partial charge in [0.05, 0.1) is 10.6 Å². The number of rotatable bonds is 4. The van der Waals surface area contributed by atoms with Gasteiger partial charge >= 0.3 is 0 Å². The molecule has 0 radical (unpaired) electrons. The number of hydrogen-bond donors (Lipinski definition) is 0. The van der Waals surface area contributed by atoms with Crippen molar-refractivity contribution in [1.82, 2.24) is 9.88 Å². The molecule has 3 nitrogen and oxygen atoms in total. The lowest BCUT2D eigenvalue weighted by molar-refractivity contribution is 0.0782. The highest BCUT2D eigenvalue weighted by Gasteiger charge is 2.15. The summed E-state index contributed by atoms with van der Waals surface area (Å²) in [6.45, 7) is 6.65. The maximum absolute atomic E-state index is 11.9. The van der Waals surface area contributed by atoms with E-state index in [1.807, 2.05) is 6.92 Å². The molecule has 0 saturated carbocycles. The van der Waals surface area contributed by atoms with E-state index in [9.17, 15) is 4.79 Å². The molecule has 0 aliphatic carbocycles. The summed E-state index contributed by atoms with van der Waals surface area (Å²) in [6, 6.07) is 1.61. The summed E-state index contributed by atoms with van der Waals surface area (Å²) in [7, 11) is 0. The van der Waals surface area contributed by atoms with E-state index in [4.69, 9.17) is 11.6 Å². The third-order valence-electron chi connectivity index (χ3n) is 2.02. The summed E-state index contributed by atoms with van der Waals surface area (Å²) in [4.78, 5) is 17.5. The van der Waals surface area contributed by atoms with E-state index in [1.165, 1.54) is 6.20 Å². The van der Waals surface area contributed by atoms with Gasteiger partial charge in [-0.3, -0.25) is 9.78 Å². The molecule has 0 spiro atoms. The molecule has 1 rings (SSSR count). The highest BCUT2D eigenvalue weighted by molar-refractivity contribution is 6.33. The van der Waals surface area contributed by atoms with Crippen molar-refractivity contribution < 1.29 is 4.79 Å². The molecule has 4 heteroatoms. The molecule has 0 bridgehead atoms. The van der Waals surface area contributed by atoms with E-state index in [0.717, 1.165) is 0 Å². The second-order valence-corrected chi connectivity index (χ2v) is 3.40. The Kier molecular flexibility index (Phi) is 4.31. The fraction of sp³-hybridized carbons (Fsp3) is 0.273. The first-order valence-electron chi connectivity index (χ1n) is 4.70. The fourth-order valence-electron chi connectivity index (χ4n) is 1.22. The van der Waals surface area contributed by atoms with Crippen LogP contribution in [0.5, 0.6) is 0 Å². The molecule has 0 saturated heterocycles. The Morgan fingerprint density at radius 1 is 1.73 bits per heavy atom. The van der Waals surface area contributed by atoms with Crippen LogP contribution in [-0.2, 0) is 0 Å². The summed E-state index contributed by atoms with van der Waals surface area (Å²) in [6.07, 6.45) is 4.73. The van der Waals surface area contributed by atoms with Crippen LogP contribution in [0.2, 0.25) is 5.02 Å². The molecule has 1 aromatic heterocycles. The van der Waals surface area contributed by atoms with Crippen molar-refractivity contribution in [2.45, 2.75) is 6.92 Å². The summed E-state index contributed by atoms with van der Waals surface area (Å²) >= 11 is 5.91. The molecule has 1 amide bonds. The van der Waals surface area contributed by atoms with Gasteiger partial charge in [-0.1, -0.05) is 17.7 Å². The third-order valence-corrected chi connectivity index (χ3v) is 2.35. The zero-order valence-corrected chi connectivity index (χ0v) is 9.37.